The highest BCUT2D eigenvalue weighted by Crippen LogP contribution is 2.51. The molecule has 264 valence electrons. The molecule has 0 amide bonds. The Morgan fingerprint density at radius 1 is 0.304 bits per heavy atom. The maximum atomic E-state index is 2.43. The van der Waals surface area contributed by atoms with Crippen LogP contribution in [-0.2, 0) is 5.41 Å². The number of nitrogens with zero attached hydrogens (tertiary/aromatic N) is 1. The van der Waals surface area contributed by atoms with Crippen LogP contribution in [-0.4, -0.2) is 0 Å². The van der Waals surface area contributed by atoms with E-state index in [-0.39, 0.29) is 5.41 Å². The van der Waals surface area contributed by atoms with Crippen LogP contribution in [0.15, 0.2) is 200 Å². The van der Waals surface area contributed by atoms with Crippen LogP contribution in [0, 0.1) is 0 Å². The molecule has 0 unspecified atom stereocenters. The van der Waals surface area contributed by atoms with Crippen LogP contribution < -0.4 is 4.90 Å². The molecule has 0 heterocycles. The minimum atomic E-state index is -0.102. The van der Waals surface area contributed by atoms with E-state index >= 15 is 0 Å². The highest BCUT2D eigenvalue weighted by molar-refractivity contribution is 6.17. The van der Waals surface area contributed by atoms with Gasteiger partial charge in [-0.15, -0.1) is 0 Å². The lowest BCUT2D eigenvalue weighted by molar-refractivity contribution is 0.660. The van der Waals surface area contributed by atoms with E-state index in [0.717, 1.165) is 17.1 Å². The van der Waals surface area contributed by atoms with E-state index in [2.05, 4.69) is 219 Å². The summed E-state index contributed by atoms with van der Waals surface area (Å²) in [7, 11) is 0. The molecule has 0 atom stereocenters. The zero-order chi connectivity index (χ0) is 37.4. The van der Waals surface area contributed by atoms with Crippen molar-refractivity contribution in [3.8, 4) is 33.4 Å². The number of fused-ring (bicyclic) bond motifs is 9. The third kappa shape index (κ3) is 5.08. The third-order valence-corrected chi connectivity index (χ3v) is 12.2. The van der Waals surface area contributed by atoms with E-state index in [4.69, 9.17) is 0 Å². The van der Waals surface area contributed by atoms with Gasteiger partial charge in [0.05, 0.1) is 0 Å². The number of hydrogen-bond donors (Lipinski definition) is 0. The van der Waals surface area contributed by atoms with E-state index in [9.17, 15) is 0 Å². The minimum absolute atomic E-state index is 0.102. The molecule has 0 spiro atoms. The number of benzene rings is 10. The van der Waals surface area contributed by atoms with Crippen molar-refractivity contribution in [3.05, 3.63) is 211 Å². The summed E-state index contributed by atoms with van der Waals surface area (Å²) in [6, 6.07) is 74.0. The van der Waals surface area contributed by atoms with Crippen LogP contribution in [0.3, 0.4) is 0 Å². The Balaban J connectivity index is 1.04. The molecule has 11 rings (SSSR count). The lowest BCUT2D eigenvalue weighted by atomic mass is 9.82. The number of rotatable bonds is 5. The average molecular weight is 714 g/mol. The van der Waals surface area contributed by atoms with E-state index in [1.54, 1.807) is 0 Å². The average Bonchev–Trinajstić information content (AvgIpc) is 3.48. The lowest BCUT2D eigenvalue weighted by Crippen LogP contribution is -2.16. The normalized spacial score (nSPS) is 13.0. The summed E-state index contributed by atoms with van der Waals surface area (Å²) in [6.07, 6.45) is 0. The van der Waals surface area contributed by atoms with Crippen molar-refractivity contribution >= 4 is 60.2 Å². The molecule has 0 N–H and O–H groups in total. The quantitative estimate of drug-likeness (QED) is 0.161. The fourth-order valence-corrected chi connectivity index (χ4v) is 9.37. The summed E-state index contributed by atoms with van der Waals surface area (Å²) in [5, 5.41) is 10.2. The topological polar surface area (TPSA) is 3.24 Å². The van der Waals surface area contributed by atoms with Gasteiger partial charge >= 0.3 is 0 Å². The molecule has 1 aliphatic rings. The zero-order valence-corrected chi connectivity index (χ0v) is 31.5. The van der Waals surface area contributed by atoms with Crippen LogP contribution >= 0.6 is 0 Å². The van der Waals surface area contributed by atoms with E-state index < -0.39 is 0 Å². The molecule has 0 aromatic heterocycles. The van der Waals surface area contributed by atoms with Crippen LogP contribution in [0.1, 0.15) is 25.0 Å². The summed E-state index contributed by atoms with van der Waals surface area (Å²) in [4.78, 5) is 2.43. The molecule has 1 heteroatoms. The largest absolute Gasteiger partial charge is 0.310 e. The molecule has 10 aromatic rings. The Labute approximate surface area is 327 Å². The van der Waals surface area contributed by atoms with Crippen LogP contribution in [0.5, 0.6) is 0 Å². The maximum absolute atomic E-state index is 2.43. The van der Waals surface area contributed by atoms with Gasteiger partial charge in [-0.2, -0.15) is 0 Å². The predicted octanol–water partition coefficient (Wildman–Crippen LogP) is 15.4. The van der Waals surface area contributed by atoms with Crippen molar-refractivity contribution in [3.63, 3.8) is 0 Å². The molecule has 0 fully saturated rings. The molecule has 0 saturated carbocycles. The summed E-state index contributed by atoms with van der Waals surface area (Å²) < 4.78 is 0. The summed E-state index contributed by atoms with van der Waals surface area (Å²) >= 11 is 0. The van der Waals surface area contributed by atoms with Gasteiger partial charge in [0, 0.05) is 22.5 Å². The zero-order valence-electron chi connectivity index (χ0n) is 31.5. The van der Waals surface area contributed by atoms with E-state index in [0.29, 0.717) is 0 Å². The molecular formula is C55H39N. The molecule has 10 aromatic carbocycles. The SMILES string of the molecule is CC1(C)c2ccccc2-c2ccc(N(c3ccc(-c4ccc5ccc6c7ccccc7ccc6c5c4)cc3)c3cccc(-c4cccc5ccccc45)c3)cc21. The fourth-order valence-electron chi connectivity index (χ4n) is 9.37. The van der Waals surface area contributed by atoms with E-state index in [1.165, 1.54) is 87.6 Å². The van der Waals surface area contributed by atoms with Crippen molar-refractivity contribution in [2.75, 3.05) is 4.90 Å². The third-order valence-electron chi connectivity index (χ3n) is 12.2. The van der Waals surface area contributed by atoms with Crippen LogP contribution in [0.4, 0.5) is 17.1 Å². The first-order chi connectivity index (χ1) is 27.5. The van der Waals surface area contributed by atoms with Gasteiger partial charge in [0.2, 0.25) is 0 Å². The summed E-state index contributed by atoms with van der Waals surface area (Å²) in [5.74, 6) is 0. The highest BCUT2D eigenvalue weighted by atomic mass is 15.1. The van der Waals surface area contributed by atoms with Gasteiger partial charge in [-0.3, -0.25) is 0 Å². The van der Waals surface area contributed by atoms with Crippen molar-refractivity contribution in [2.45, 2.75) is 19.3 Å². The molecule has 1 aliphatic carbocycles. The van der Waals surface area contributed by atoms with Crippen molar-refractivity contribution in [2.24, 2.45) is 0 Å². The van der Waals surface area contributed by atoms with Gasteiger partial charge < -0.3 is 4.90 Å². The van der Waals surface area contributed by atoms with Crippen molar-refractivity contribution < 1.29 is 0 Å². The van der Waals surface area contributed by atoms with Crippen LogP contribution in [0.25, 0.3) is 76.5 Å². The van der Waals surface area contributed by atoms with Crippen LogP contribution in [0.2, 0.25) is 0 Å². The Kier molecular flexibility index (Phi) is 7.28. The van der Waals surface area contributed by atoms with Gasteiger partial charge in [-0.05, 0) is 130 Å². The maximum Gasteiger partial charge on any atom is 0.0467 e. The molecule has 56 heavy (non-hydrogen) atoms. The Hall–Kier alpha value is -6.96. The molecule has 1 nitrogen and oxygen atoms in total. The summed E-state index contributed by atoms with van der Waals surface area (Å²) in [5.41, 5.74) is 13.6. The molecule has 0 saturated heterocycles. The summed E-state index contributed by atoms with van der Waals surface area (Å²) in [6.45, 7) is 4.72. The van der Waals surface area contributed by atoms with Crippen molar-refractivity contribution in [1.82, 2.24) is 0 Å². The Morgan fingerprint density at radius 2 is 0.875 bits per heavy atom. The fraction of sp³-hybridized carbons (Fsp3) is 0.0545. The first-order valence-corrected chi connectivity index (χ1v) is 19.6. The first-order valence-electron chi connectivity index (χ1n) is 19.6. The van der Waals surface area contributed by atoms with Gasteiger partial charge in [-0.25, -0.2) is 0 Å². The standard InChI is InChI=1S/C55H39N/c1-55(2)53-20-8-7-18-50(53)51-32-29-44(35-54(51)55)56(43-15-9-14-41(33-43)47-19-10-13-37-11-3-5-16-45(37)47)42-27-23-36(24-28-42)40-22-21-39-26-30-48-46-17-6-4-12-38(46)25-31-49(48)52(39)34-40/h3-35H,1-2H3. The first kappa shape index (κ1) is 32.5. The van der Waals surface area contributed by atoms with Gasteiger partial charge in [0.15, 0.2) is 0 Å². The molecular weight excluding hydrogens is 675 g/mol. The van der Waals surface area contributed by atoms with Gasteiger partial charge in [-0.1, -0.05) is 172 Å². The smallest absolute Gasteiger partial charge is 0.0467 e. The second-order valence-corrected chi connectivity index (χ2v) is 15.7. The molecule has 0 bridgehead atoms. The van der Waals surface area contributed by atoms with E-state index in [1.807, 2.05) is 0 Å². The number of anilines is 3. The van der Waals surface area contributed by atoms with Gasteiger partial charge in [0.25, 0.3) is 0 Å². The minimum Gasteiger partial charge on any atom is -0.310 e. The second kappa shape index (κ2) is 12.5. The Morgan fingerprint density at radius 3 is 1.71 bits per heavy atom. The number of hydrogen-bond acceptors (Lipinski definition) is 1. The second-order valence-electron chi connectivity index (χ2n) is 15.7. The predicted molar refractivity (Wildman–Crippen MR) is 240 cm³/mol. The highest BCUT2D eigenvalue weighted by Gasteiger charge is 2.35. The Bertz CT molecular complexity index is 3160. The molecule has 0 aliphatic heterocycles. The molecule has 0 radical (unpaired) electrons. The van der Waals surface area contributed by atoms with Crippen molar-refractivity contribution in [1.29, 1.82) is 0 Å². The van der Waals surface area contributed by atoms with Gasteiger partial charge in [0.1, 0.15) is 0 Å². The monoisotopic (exact) mass is 713 g/mol. The lowest BCUT2D eigenvalue weighted by Gasteiger charge is -2.28.